The average Bonchev–Trinajstić information content (AvgIpc) is 2.72. The van der Waals surface area contributed by atoms with Crippen LogP contribution in [-0.2, 0) is 0 Å². The maximum absolute atomic E-state index is 13.2. The minimum absolute atomic E-state index is 0.134. The Morgan fingerprint density at radius 1 is 1.28 bits per heavy atom. The number of amides is 1. The van der Waals surface area contributed by atoms with Gasteiger partial charge in [0.25, 0.3) is 5.91 Å². The Morgan fingerprint density at radius 2 is 1.89 bits per heavy atom. The van der Waals surface area contributed by atoms with Gasteiger partial charge in [-0.15, -0.1) is 11.3 Å². The molecule has 0 saturated carbocycles. The molecule has 2 nitrogen and oxygen atoms in total. The second-order valence-electron chi connectivity index (χ2n) is 3.31. The van der Waals surface area contributed by atoms with E-state index in [0.717, 1.165) is 3.79 Å². The Labute approximate surface area is 125 Å². The Balaban J connectivity index is 2.22. The quantitative estimate of drug-likeness (QED) is 0.724. The fraction of sp³-hybridized carbons (Fsp3) is 0. The largest absolute Gasteiger partial charge is 0.321 e. The molecule has 2 rings (SSSR count). The molecule has 1 aromatic heterocycles. The third-order valence-electron chi connectivity index (χ3n) is 2.04. The lowest BCUT2D eigenvalue weighted by molar-refractivity contribution is 0.103. The lowest BCUT2D eigenvalue weighted by atomic mass is 10.3. The van der Waals surface area contributed by atoms with Gasteiger partial charge in [0.1, 0.15) is 0 Å². The van der Waals surface area contributed by atoms with E-state index in [1.807, 2.05) is 0 Å². The minimum atomic E-state index is -0.699. The number of anilines is 1. The van der Waals surface area contributed by atoms with Crippen LogP contribution in [0.1, 0.15) is 9.67 Å². The van der Waals surface area contributed by atoms with E-state index in [2.05, 4.69) is 21.2 Å². The van der Waals surface area contributed by atoms with Crippen LogP contribution < -0.4 is 5.32 Å². The van der Waals surface area contributed by atoms with Gasteiger partial charge in [0.15, 0.2) is 5.82 Å². The Hall–Kier alpha value is -0.620. The number of carbonyl (C=O) groups is 1. The molecule has 94 valence electrons. The molecule has 7 heteroatoms. The molecule has 0 saturated heterocycles. The first kappa shape index (κ1) is 13.8. The van der Waals surface area contributed by atoms with E-state index in [4.69, 9.17) is 23.2 Å². The van der Waals surface area contributed by atoms with Crippen molar-refractivity contribution in [3.05, 3.63) is 48.8 Å². The van der Waals surface area contributed by atoms with Crippen LogP contribution in [-0.4, -0.2) is 5.91 Å². The zero-order valence-electron chi connectivity index (χ0n) is 8.64. The molecule has 0 aliphatic heterocycles. The number of hydrogen-bond acceptors (Lipinski definition) is 2. The van der Waals surface area contributed by atoms with E-state index in [9.17, 15) is 9.18 Å². The molecule has 1 aromatic carbocycles. The fourth-order valence-electron chi connectivity index (χ4n) is 1.26. The molecule has 2 aromatic rings. The fourth-order valence-corrected chi connectivity index (χ4v) is 3.03. The van der Waals surface area contributed by atoms with Gasteiger partial charge in [0, 0.05) is 5.69 Å². The molecule has 1 N–H and O–H groups in total. The summed E-state index contributed by atoms with van der Waals surface area (Å²) in [4.78, 5) is 12.4. The van der Waals surface area contributed by atoms with Gasteiger partial charge < -0.3 is 5.32 Å². The Kier molecular flexibility index (Phi) is 4.27. The van der Waals surface area contributed by atoms with Gasteiger partial charge in [-0.2, -0.15) is 0 Å². The summed E-state index contributed by atoms with van der Waals surface area (Å²) >= 11 is 15.8. The van der Waals surface area contributed by atoms with Gasteiger partial charge in [0.05, 0.1) is 18.7 Å². The van der Waals surface area contributed by atoms with Gasteiger partial charge in [-0.25, -0.2) is 4.39 Å². The van der Waals surface area contributed by atoms with Gasteiger partial charge >= 0.3 is 0 Å². The average molecular weight is 369 g/mol. The molecule has 1 amide bonds. The first-order valence-electron chi connectivity index (χ1n) is 4.68. The summed E-state index contributed by atoms with van der Waals surface area (Å²) in [6.45, 7) is 0. The summed E-state index contributed by atoms with van der Waals surface area (Å²) in [7, 11) is 0. The van der Waals surface area contributed by atoms with Crippen LogP contribution in [0.4, 0.5) is 10.1 Å². The maximum Gasteiger partial charge on any atom is 0.265 e. The summed E-state index contributed by atoms with van der Waals surface area (Å²) in [5.41, 5.74) is 0.348. The smallest absolute Gasteiger partial charge is 0.265 e. The molecule has 0 aliphatic rings. The third-order valence-corrected chi connectivity index (χ3v) is 4.21. The lowest BCUT2D eigenvalue weighted by Crippen LogP contribution is -2.10. The predicted octanol–water partition coefficient (Wildman–Crippen LogP) is 5.21. The Morgan fingerprint density at radius 3 is 2.39 bits per heavy atom. The van der Waals surface area contributed by atoms with E-state index >= 15 is 0 Å². The number of thiophene rings is 1. The first-order valence-corrected chi connectivity index (χ1v) is 7.05. The zero-order chi connectivity index (χ0) is 13.3. The number of carbonyl (C=O) groups excluding carboxylic acids is 1. The van der Waals surface area contributed by atoms with E-state index in [1.165, 1.54) is 23.5 Å². The van der Waals surface area contributed by atoms with Gasteiger partial charge in [-0.1, -0.05) is 23.2 Å². The van der Waals surface area contributed by atoms with Crippen molar-refractivity contribution in [2.75, 3.05) is 5.32 Å². The molecular formula is C11H5BrCl2FNOS. The highest BCUT2D eigenvalue weighted by molar-refractivity contribution is 9.11. The summed E-state index contributed by atoms with van der Waals surface area (Å²) < 4.78 is 14.0. The highest BCUT2D eigenvalue weighted by atomic mass is 79.9. The van der Waals surface area contributed by atoms with Crippen molar-refractivity contribution in [1.82, 2.24) is 0 Å². The maximum atomic E-state index is 13.2. The normalized spacial score (nSPS) is 10.4. The molecule has 0 fully saturated rings. The second kappa shape index (κ2) is 5.57. The van der Waals surface area contributed by atoms with Crippen LogP contribution in [0.5, 0.6) is 0 Å². The van der Waals surface area contributed by atoms with Crippen molar-refractivity contribution in [2.24, 2.45) is 0 Å². The highest BCUT2D eigenvalue weighted by Gasteiger charge is 2.12. The lowest BCUT2D eigenvalue weighted by Gasteiger charge is -2.06. The van der Waals surface area contributed by atoms with Crippen LogP contribution in [0.2, 0.25) is 10.0 Å². The van der Waals surface area contributed by atoms with Crippen molar-refractivity contribution >= 4 is 62.1 Å². The molecule has 0 unspecified atom stereocenters. The first-order chi connectivity index (χ1) is 8.47. The second-order valence-corrected chi connectivity index (χ2v) is 6.59. The predicted molar refractivity (Wildman–Crippen MR) is 76.4 cm³/mol. The van der Waals surface area contributed by atoms with Gasteiger partial charge in [0.2, 0.25) is 0 Å². The molecule has 0 aliphatic carbocycles. The molecule has 0 bridgehead atoms. The van der Waals surface area contributed by atoms with E-state index in [0.29, 0.717) is 10.6 Å². The SMILES string of the molecule is O=C(Nc1cc(Cl)c(F)c(Cl)c1)c1ccc(Br)s1. The van der Waals surface area contributed by atoms with Gasteiger partial charge in [-0.3, -0.25) is 4.79 Å². The van der Waals surface area contributed by atoms with Crippen LogP contribution in [0.25, 0.3) is 0 Å². The molecular weight excluding hydrogens is 364 g/mol. The monoisotopic (exact) mass is 367 g/mol. The molecule has 0 spiro atoms. The number of nitrogens with one attached hydrogen (secondary N) is 1. The zero-order valence-corrected chi connectivity index (χ0v) is 12.6. The van der Waals surface area contributed by atoms with Crippen molar-refractivity contribution < 1.29 is 9.18 Å². The van der Waals surface area contributed by atoms with Crippen molar-refractivity contribution in [2.45, 2.75) is 0 Å². The standard InChI is InChI=1S/C11H5BrCl2FNOS/c12-9-2-1-8(18-9)11(17)16-5-3-6(13)10(15)7(14)4-5/h1-4H,(H,16,17). The van der Waals surface area contributed by atoms with Crippen molar-refractivity contribution in [3.8, 4) is 0 Å². The topological polar surface area (TPSA) is 29.1 Å². The summed E-state index contributed by atoms with van der Waals surface area (Å²) in [6.07, 6.45) is 0. The molecule has 0 atom stereocenters. The van der Waals surface area contributed by atoms with Crippen LogP contribution >= 0.6 is 50.5 Å². The molecule has 18 heavy (non-hydrogen) atoms. The highest BCUT2D eigenvalue weighted by Crippen LogP contribution is 2.28. The number of rotatable bonds is 2. The van der Waals surface area contributed by atoms with Crippen LogP contribution in [0.15, 0.2) is 28.1 Å². The van der Waals surface area contributed by atoms with Crippen LogP contribution in [0, 0.1) is 5.82 Å². The summed E-state index contributed by atoms with van der Waals surface area (Å²) in [5, 5.41) is 2.33. The van der Waals surface area contributed by atoms with Crippen molar-refractivity contribution in [1.29, 1.82) is 0 Å². The number of halogens is 4. The van der Waals surface area contributed by atoms with Crippen molar-refractivity contribution in [3.63, 3.8) is 0 Å². The Bertz CT molecular complexity index is 594. The summed E-state index contributed by atoms with van der Waals surface area (Å²) in [6, 6.07) is 6.06. The van der Waals surface area contributed by atoms with E-state index in [-0.39, 0.29) is 16.0 Å². The van der Waals surface area contributed by atoms with E-state index in [1.54, 1.807) is 12.1 Å². The van der Waals surface area contributed by atoms with E-state index < -0.39 is 5.82 Å². The number of benzene rings is 1. The summed E-state index contributed by atoms with van der Waals surface area (Å²) in [5.74, 6) is -1.00. The van der Waals surface area contributed by atoms with Gasteiger partial charge in [-0.05, 0) is 40.2 Å². The minimum Gasteiger partial charge on any atom is -0.321 e. The third kappa shape index (κ3) is 3.03. The van der Waals surface area contributed by atoms with Crippen LogP contribution in [0.3, 0.4) is 0 Å². The molecule has 0 radical (unpaired) electrons. The number of hydrogen-bond donors (Lipinski definition) is 1. The molecule has 1 heterocycles.